The number of amides is 1. The average molecular weight is 346 g/mol. The van der Waals surface area contributed by atoms with E-state index < -0.39 is 11.8 Å². The predicted molar refractivity (Wildman–Crippen MR) is 104 cm³/mol. The molecule has 1 atom stereocenters. The van der Waals surface area contributed by atoms with Crippen molar-refractivity contribution in [2.24, 2.45) is 0 Å². The van der Waals surface area contributed by atoms with Gasteiger partial charge in [-0.1, -0.05) is 61.5 Å². The molecule has 26 heavy (non-hydrogen) atoms. The maximum Gasteiger partial charge on any atom is 0.255 e. The van der Waals surface area contributed by atoms with Gasteiger partial charge in [-0.25, -0.2) is 5.48 Å². The Morgan fingerprint density at radius 3 is 1.92 bits per heavy atom. The van der Waals surface area contributed by atoms with Crippen molar-refractivity contribution >= 4 is 17.3 Å². The van der Waals surface area contributed by atoms with Crippen molar-refractivity contribution in [2.75, 3.05) is 5.32 Å². The van der Waals surface area contributed by atoms with Gasteiger partial charge in [0.1, 0.15) is 0 Å². The second-order valence-corrected chi connectivity index (χ2v) is 6.12. The van der Waals surface area contributed by atoms with E-state index in [1.54, 1.807) is 5.48 Å². The van der Waals surface area contributed by atoms with Gasteiger partial charge in [0.05, 0.1) is 5.92 Å². The highest BCUT2D eigenvalue weighted by molar-refractivity contribution is 5.86. The Balaban J connectivity index is 1.81. The maximum atomic E-state index is 12.2. The SMILES string of the molecule is CCc1ccc(Nc2ccc(C(C(=O)NO)c3ccccc3)cc2)cc1. The lowest BCUT2D eigenvalue weighted by Crippen LogP contribution is -2.27. The first-order chi connectivity index (χ1) is 12.7. The molecule has 0 aliphatic carbocycles. The van der Waals surface area contributed by atoms with Crippen LogP contribution in [-0.4, -0.2) is 11.1 Å². The van der Waals surface area contributed by atoms with Gasteiger partial charge >= 0.3 is 0 Å². The molecule has 3 aromatic rings. The third-order valence-electron chi connectivity index (χ3n) is 4.40. The standard InChI is InChI=1S/C22H22N2O2/c1-2-16-8-12-19(13-9-16)23-20-14-10-18(11-15-20)21(22(25)24-26)17-6-4-3-5-7-17/h3-15,21,23,26H,2H2,1H3,(H,24,25). The molecule has 1 unspecified atom stereocenters. The zero-order valence-corrected chi connectivity index (χ0v) is 14.6. The van der Waals surface area contributed by atoms with Crippen LogP contribution in [0.4, 0.5) is 11.4 Å². The zero-order valence-electron chi connectivity index (χ0n) is 14.6. The molecule has 3 rings (SSSR count). The minimum Gasteiger partial charge on any atom is -0.356 e. The lowest BCUT2D eigenvalue weighted by Gasteiger charge is -2.16. The third kappa shape index (κ3) is 4.10. The molecule has 0 aliphatic heterocycles. The Morgan fingerprint density at radius 1 is 0.846 bits per heavy atom. The average Bonchev–Trinajstić information content (AvgIpc) is 2.71. The van der Waals surface area contributed by atoms with Crippen molar-refractivity contribution in [2.45, 2.75) is 19.3 Å². The van der Waals surface area contributed by atoms with Crippen LogP contribution in [0.3, 0.4) is 0 Å². The van der Waals surface area contributed by atoms with E-state index in [4.69, 9.17) is 5.21 Å². The first-order valence-corrected chi connectivity index (χ1v) is 8.66. The van der Waals surface area contributed by atoms with Gasteiger partial charge in [0.15, 0.2) is 0 Å². The van der Waals surface area contributed by atoms with E-state index in [1.165, 1.54) is 5.56 Å². The zero-order chi connectivity index (χ0) is 18.4. The summed E-state index contributed by atoms with van der Waals surface area (Å²) in [6.45, 7) is 2.13. The minimum absolute atomic E-state index is 0.452. The molecule has 0 fully saturated rings. The topological polar surface area (TPSA) is 61.4 Å². The van der Waals surface area contributed by atoms with Crippen LogP contribution in [0.25, 0.3) is 0 Å². The summed E-state index contributed by atoms with van der Waals surface area (Å²) in [5, 5.41) is 12.5. The van der Waals surface area contributed by atoms with E-state index in [0.717, 1.165) is 28.9 Å². The molecule has 0 saturated heterocycles. The minimum atomic E-state index is -0.556. The molecule has 132 valence electrons. The predicted octanol–water partition coefficient (Wildman–Crippen LogP) is 4.63. The summed E-state index contributed by atoms with van der Waals surface area (Å²) in [5.74, 6) is -1.01. The number of hydroxylamine groups is 1. The van der Waals surface area contributed by atoms with Crippen LogP contribution in [0, 0.1) is 0 Å². The van der Waals surface area contributed by atoms with Gasteiger partial charge in [0.25, 0.3) is 5.91 Å². The molecule has 4 heteroatoms. The van der Waals surface area contributed by atoms with Crippen molar-refractivity contribution in [1.29, 1.82) is 0 Å². The summed E-state index contributed by atoms with van der Waals surface area (Å²) >= 11 is 0. The number of hydrogen-bond acceptors (Lipinski definition) is 3. The maximum absolute atomic E-state index is 12.2. The summed E-state index contributed by atoms with van der Waals surface area (Å²) < 4.78 is 0. The van der Waals surface area contributed by atoms with Crippen molar-refractivity contribution in [3.63, 3.8) is 0 Å². The third-order valence-corrected chi connectivity index (χ3v) is 4.40. The van der Waals surface area contributed by atoms with Crippen LogP contribution in [0.15, 0.2) is 78.9 Å². The monoisotopic (exact) mass is 346 g/mol. The fourth-order valence-electron chi connectivity index (χ4n) is 2.95. The summed E-state index contributed by atoms with van der Waals surface area (Å²) in [5.41, 5.74) is 6.67. The molecule has 3 aromatic carbocycles. The second kappa shape index (κ2) is 8.32. The Kier molecular flexibility index (Phi) is 5.66. The molecule has 0 radical (unpaired) electrons. The molecule has 4 nitrogen and oxygen atoms in total. The summed E-state index contributed by atoms with van der Waals surface area (Å²) in [7, 11) is 0. The molecule has 0 saturated carbocycles. The van der Waals surface area contributed by atoms with Gasteiger partial charge in [-0.05, 0) is 47.4 Å². The largest absolute Gasteiger partial charge is 0.356 e. The number of anilines is 2. The Labute approximate surface area is 153 Å². The van der Waals surface area contributed by atoms with Crippen LogP contribution in [0.2, 0.25) is 0 Å². The van der Waals surface area contributed by atoms with Crippen LogP contribution < -0.4 is 10.8 Å². The number of nitrogens with one attached hydrogen (secondary N) is 2. The Bertz CT molecular complexity index is 844. The fourth-order valence-corrected chi connectivity index (χ4v) is 2.95. The van der Waals surface area contributed by atoms with Crippen molar-refractivity contribution < 1.29 is 10.0 Å². The normalized spacial score (nSPS) is 11.6. The fraction of sp³-hybridized carbons (Fsp3) is 0.136. The van der Waals surface area contributed by atoms with Gasteiger partial charge in [0, 0.05) is 11.4 Å². The number of rotatable bonds is 6. The summed E-state index contributed by atoms with van der Waals surface area (Å²) in [6, 6.07) is 25.4. The van der Waals surface area contributed by atoms with Crippen LogP contribution in [-0.2, 0) is 11.2 Å². The Morgan fingerprint density at radius 2 is 1.38 bits per heavy atom. The summed E-state index contributed by atoms with van der Waals surface area (Å²) in [4.78, 5) is 12.2. The number of carbonyl (C=O) groups is 1. The van der Waals surface area contributed by atoms with E-state index in [1.807, 2.05) is 54.6 Å². The molecular weight excluding hydrogens is 324 g/mol. The molecule has 1 amide bonds. The van der Waals surface area contributed by atoms with Crippen molar-refractivity contribution in [3.8, 4) is 0 Å². The molecule has 0 spiro atoms. The quantitative estimate of drug-likeness (QED) is 0.450. The highest BCUT2D eigenvalue weighted by Crippen LogP contribution is 2.27. The first kappa shape index (κ1) is 17.7. The second-order valence-electron chi connectivity index (χ2n) is 6.12. The van der Waals surface area contributed by atoms with Gasteiger partial charge in [-0.2, -0.15) is 0 Å². The molecule has 0 bridgehead atoms. The van der Waals surface area contributed by atoms with E-state index in [2.05, 4.69) is 36.5 Å². The molecule has 0 aliphatic rings. The van der Waals surface area contributed by atoms with E-state index in [0.29, 0.717) is 0 Å². The van der Waals surface area contributed by atoms with Crippen LogP contribution in [0.1, 0.15) is 29.5 Å². The number of benzene rings is 3. The lowest BCUT2D eigenvalue weighted by molar-refractivity contribution is -0.129. The highest BCUT2D eigenvalue weighted by Gasteiger charge is 2.22. The van der Waals surface area contributed by atoms with E-state index >= 15 is 0 Å². The molecule has 0 aromatic heterocycles. The van der Waals surface area contributed by atoms with Gasteiger partial charge < -0.3 is 5.32 Å². The van der Waals surface area contributed by atoms with E-state index in [9.17, 15) is 4.79 Å². The Hall–Kier alpha value is -3.11. The van der Waals surface area contributed by atoms with E-state index in [-0.39, 0.29) is 0 Å². The molecule has 3 N–H and O–H groups in total. The van der Waals surface area contributed by atoms with Crippen LogP contribution in [0.5, 0.6) is 0 Å². The van der Waals surface area contributed by atoms with Gasteiger partial charge in [-0.15, -0.1) is 0 Å². The smallest absolute Gasteiger partial charge is 0.255 e. The molecule has 0 heterocycles. The van der Waals surface area contributed by atoms with Gasteiger partial charge in [-0.3, -0.25) is 10.0 Å². The number of hydrogen-bond donors (Lipinski definition) is 3. The van der Waals surface area contributed by atoms with Crippen molar-refractivity contribution in [3.05, 3.63) is 95.6 Å². The number of aryl methyl sites for hydroxylation is 1. The lowest BCUT2D eigenvalue weighted by atomic mass is 9.90. The highest BCUT2D eigenvalue weighted by atomic mass is 16.5. The number of carbonyl (C=O) groups excluding carboxylic acids is 1. The summed E-state index contributed by atoms with van der Waals surface area (Å²) in [6.07, 6.45) is 1.02. The van der Waals surface area contributed by atoms with Crippen LogP contribution >= 0.6 is 0 Å². The molecular formula is C22H22N2O2. The first-order valence-electron chi connectivity index (χ1n) is 8.66. The van der Waals surface area contributed by atoms with Crippen molar-refractivity contribution in [1.82, 2.24) is 5.48 Å². The van der Waals surface area contributed by atoms with Gasteiger partial charge in [0.2, 0.25) is 0 Å².